The summed E-state index contributed by atoms with van der Waals surface area (Å²) < 4.78 is 2.11. The van der Waals surface area contributed by atoms with Gasteiger partial charge < -0.3 is 9.88 Å². The number of aryl methyl sites for hydroxylation is 1. The summed E-state index contributed by atoms with van der Waals surface area (Å²) in [5.41, 5.74) is 1.52. The monoisotopic (exact) mass is 219 g/mol. The van der Waals surface area contributed by atoms with E-state index in [1.807, 2.05) is 12.4 Å². The van der Waals surface area contributed by atoms with Crippen LogP contribution in [0.25, 0.3) is 0 Å². The van der Waals surface area contributed by atoms with Crippen LogP contribution >= 0.6 is 0 Å². The van der Waals surface area contributed by atoms with Crippen LogP contribution in [-0.4, -0.2) is 16.1 Å². The molecule has 2 rings (SSSR count). The molecule has 0 saturated carbocycles. The highest BCUT2D eigenvalue weighted by Gasteiger charge is 2.20. The van der Waals surface area contributed by atoms with E-state index >= 15 is 0 Å². The van der Waals surface area contributed by atoms with Gasteiger partial charge in [-0.15, -0.1) is 0 Å². The molecule has 0 radical (unpaired) electrons. The first-order valence-electron chi connectivity index (χ1n) is 6.22. The van der Waals surface area contributed by atoms with Crippen molar-refractivity contribution in [3.05, 3.63) is 29.9 Å². The SMILES string of the molecule is CCNC(C1=CCCCC1)c1nccn1C. The highest BCUT2D eigenvalue weighted by atomic mass is 15.1. The second-order valence-corrected chi connectivity index (χ2v) is 4.41. The summed E-state index contributed by atoms with van der Waals surface area (Å²) in [6.45, 7) is 3.13. The maximum atomic E-state index is 4.47. The van der Waals surface area contributed by atoms with Gasteiger partial charge in [0.15, 0.2) is 0 Å². The predicted octanol–water partition coefficient (Wildman–Crippen LogP) is 2.57. The van der Waals surface area contributed by atoms with E-state index in [1.165, 1.54) is 31.3 Å². The Morgan fingerprint density at radius 3 is 2.94 bits per heavy atom. The molecule has 1 atom stereocenters. The fourth-order valence-electron chi connectivity index (χ4n) is 2.37. The first-order chi connectivity index (χ1) is 7.83. The number of likely N-dealkylation sites (N-methyl/N-ethyl adjacent to an activating group) is 1. The Hall–Kier alpha value is -1.09. The predicted molar refractivity (Wildman–Crippen MR) is 66.2 cm³/mol. The zero-order chi connectivity index (χ0) is 11.4. The minimum Gasteiger partial charge on any atom is -0.336 e. The number of hydrogen-bond acceptors (Lipinski definition) is 2. The Bertz CT molecular complexity index is 365. The van der Waals surface area contributed by atoms with Crippen LogP contribution in [0.3, 0.4) is 0 Å². The molecule has 0 bridgehead atoms. The number of aromatic nitrogens is 2. The summed E-state index contributed by atoms with van der Waals surface area (Å²) in [6, 6.07) is 0.310. The van der Waals surface area contributed by atoms with Gasteiger partial charge >= 0.3 is 0 Å². The van der Waals surface area contributed by atoms with E-state index in [9.17, 15) is 0 Å². The molecule has 88 valence electrons. The molecule has 0 fully saturated rings. The maximum Gasteiger partial charge on any atom is 0.129 e. The Balaban J connectivity index is 2.23. The summed E-state index contributed by atoms with van der Waals surface area (Å²) in [5, 5.41) is 3.54. The largest absolute Gasteiger partial charge is 0.336 e. The number of nitrogens with zero attached hydrogens (tertiary/aromatic N) is 2. The first-order valence-corrected chi connectivity index (χ1v) is 6.22. The van der Waals surface area contributed by atoms with Gasteiger partial charge in [0.05, 0.1) is 6.04 Å². The van der Waals surface area contributed by atoms with Gasteiger partial charge in [-0.3, -0.25) is 0 Å². The van der Waals surface area contributed by atoms with Gasteiger partial charge in [0, 0.05) is 19.4 Å². The van der Waals surface area contributed by atoms with Gasteiger partial charge in [-0.1, -0.05) is 13.0 Å². The molecule has 1 N–H and O–H groups in total. The van der Waals surface area contributed by atoms with Gasteiger partial charge in [0.2, 0.25) is 0 Å². The molecule has 1 unspecified atom stereocenters. The number of nitrogens with one attached hydrogen (secondary N) is 1. The Kier molecular flexibility index (Phi) is 3.78. The fourth-order valence-corrected chi connectivity index (χ4v) is 2.37. The Morgan fingerprint density at radius 1 is 1.50 bits per heavy atom. The second kappa shape index (κ2) is 5.30. The van der Waals surface area contributed by atoms with E-state index in [2.05, 4.69) is 34.9 Å². The third-order valence-electron chi connectivity index (χ3n) is 3.22. The van der Waals surface area contributed by atoms with Crippen molar-refractivity contribution >= 4 is 0 Å². The van der Waals surface area contributed by atoms with Crippen molar-refractivity contribution in [2.75, 3.05) is 6.54 Å². The quantitative estimate of drug-likeness (QED) is 0.789. The van der Waals surface area contributed by atoms with E-state index in [0.29, 0.717) is 6.04 Å². The lowest BCUT2D eigenvalue weighted by atomic mass is 9.93. The van der Waals surface area contributed by atoms with Crippen LogP contribution in [0, 0.1) is 0 Å². The fraction of sp³-hybridized carbons (Fsp3) is 0.615. The molecule has 3 nitrogen and oxygen atoms in total. The third kappa shape index (κ3) is 2.35. The van der Waals surface area contributed by atoms with Crippen molar-refractivity contribution in [3.63, 3.8) is 0 Å². The molecule has 1 heterocycles. The lowest BCUT2D eigenvalue weighted by Crippen LogP contribution is -2.26. The maximum absolute atomic E-state index is 4.47. The summed E-state index contributed by atoms with van der Waals surface area (Å²) in [6.07, 6.45) is 11.4. The summed E-state index contributed by atoms with van der Waals surface area (Å²) in [7, 11) is 2.07. The molecule has 1 aromatic rings. The standard InChI is InChI=1S/C13H21N3/c1-3-14-12(11-7-5-4-6-8-11)13-15-9-10-16(13)2/h7,9-10,12,14H,3-6,8H2,1-2H3. The van der Waals surface area contributed by atoms with E-state index in [0.717, 1.165) is 12.4 Å². The topological polar surface area (TPSA) is 29.9 Å². The number of allylic oxidation sites excluding steroid dienone is 1. The number of imidazole rings is 1. The summed E-state index contributed by atoms with van der Waals surface area (Å²) in [5.74, 6) is 1.13. The van der Waals surface area contributed by atoms with Crippen molar-refractivity contribution in [1.29, 1.82) is 0 Å². The molecular formula is C13H21N3. The van der Waals surface area contributed by atoms with Crippen molar-refractivity contribution in [3.8, 4) is 0 Å². The van der Waals surface area contributed by atoms with Crippen LogP contribution in [0.1, 0.15) is 44.5 Å². The summed E-state index contributed by atoms with van der Waals surface area (Å²) >= 11 is 0. The molecule has 0 saturated heterocycles. The van der Waals surface area contributed by atoms with Crippen LogP contribution in [-0.2, 0) is 7.05 Å². The third-order valence-corrected chi connectivity index (χ3v) is 3.22. The Labute approximate surface area is 97.6 Å². The van der Waals surface area contributed by atoms with Gasteiger partial charge in [-0.25, -0.2) is 4.98 Å². The zero-order valence-electron chi connectivity index (χ0n) is 10.2. The van der Waals surface area contributed by atoms with E-state index in [4.69, 9.17) is 0 Å². The van der Waals surface area contributed by atoms with Crippen molar-refractivity contribution in [2.24, 2.45) is 7.05 Å². The molecule has 1 aromatic heterocycles. The van der Waals surface area contributed by atoms with Crippen molar-refractivity contribution < 1.29 is 0 Å². The lowest BCUT2D eigenvalue weighted by Gasteiger charge is -2.23. The van der Waals surface area contributed by atoms with Crippen LogP contribution in [0.5, 0.6) is 0 Å². The average molecular weight is 219 g/mol. The lowest BCUT2D eigenvalue weighted by molar-refractivity contribution is 0.528. The van der Waals surface area contributed by atoms with E-state index in [1.54, 1.807) is 0 Å². The van der Waals surface area contributed by atoms with E-state index < -0.39 is 0 Å². The zero-order valence-corrected chi connectivity index (χ0v) is 10.2. The smallest absolute Gasteiger partial charge is 0.129 e. The van der Waals surface area contributed by atoms with Gasteiger partial charge in [-0.2, -0.15) is 0 Å². The molecule has 0 spiro atoms. The van der Waals surface area contributed by atoms with Crippen LogP contribution in [0.15, 0.2) is 24.0 Å². The minimum absolute atomic E-state index is 0.310. The summed E-state index contributed by atoms with van der Waals surface area (Å²) in [4.78, 5) is 4.47. The van der Waals surface area contributed by atoms with Gasteiger partial charge in [-0.05, 0) is 37.8 Å². The van der Waals surface area contributed by atoms with Gasteiger partial charge in [0.1, 0.15) is 5.82 Å². The van der Waals surface area contributed by atoms with E-state index in [-0.39, 0.29) is 0 Å². The van der Waals surface area contributed by atoms with Crippen LogP contribution in [0.4, 0.5) is 0 Å². The number of rotatable bonds is 4. The van der Waals surface area contributed by atoms with Crippen LogP contribution in [0.2, 0.25) is 0 Å². The highest BCUT2D eigenvalue weighted by Crippen LogP contribution is 2.28. The second-order valence-electron chi connectivity index (χ2n) is 4.41. The molecular weight excluding hydrogens is 198 g/mol. The van der Waals surface area contributed by atoms with Crippen molar-refractivity contribution in [1.82, 2.24) is 14.9 Å². The van der Waals surface area contributed by atoms with Crippen LogP contribution < -0.4 is 5.32 Å². The normalized spacial score (nSPS) is 18.2. The molecule has 16 heavy (non-hydrogen) atoms. The minimum atomic E-state index is 0.310. The molecule has 3 heteroatoms. The molecule has 1 aliphatic carbocycles. The van der Waals surface area contributed by atoms with Gasteiger partial charge in [0.25, 0.3) is 0 Å². The molecule has 0 aromatic carbocycles. The highest BCUT2D eigenvalue weighted by molar-refractivity contribution is 5.20. The van der Waals surface area contributed by atoms with Crippen molar-refractivity contribution in [2.45, 2.75) is 38.6 Å². The number of hydrogen-bond donors (Lipinski definition) is 1. The Morgan fingerprint density at radius 2 is 2.38 bits per heavy atom. The average Bonchev–Trinajstić information content (AvgIpc) is 2.73. The molecule has 0 aliphatic heterocycles. The molecule has 0 amide bonds. The first kappa shape index (κ1) is 11.4. The molecule has 1 aliphatic rings.